The van der Waals surface area contributed by atoms with E-state index in [2.05, 4.69) is 194 Å². The summed E-state index contributed by atoms with van der Waals surface area (Å²) in [5, 5.41) is 8.70. The van der Waals surface area contributed by atoms with E-state index < -0.39 is 0 Å². The fraction of sp³-hybridized carbons (Fsp3) is 0. The molecule has 2 heterocycles. The van der Waals surface area contributed by atoms with E-state index in [-0.39, 0.29) is 0 Å². The molecule has 2 aromatic heterocycles. The number of thiophene rings is 1. The van der Waals surface area contributed by atoms with Crippen molar-refractivity contribution in [3.05, 3.63) is 200 Å². The number of hydrogen-bond donors (Lipinski definition) is 0. The van der Waals surface area contributed by atoms with E-state index in [1.165, 1.54) is 52.8 Å². The number of fused-ring (bicyclic) bond motifs is 5. The van der Waals surface area contributed by atoms with E-state index in [1.807, 2.05) is 6.07 Å². The fourth-order valence-corrected chi connectivity index (χ4v) is 9.21. The average molecular weight is 744 g/mol. The van der Waals surface area contributed by atoms with Crippen LogP contribution in [0.5, 0.6) is 0 Å². The Bertz CT molecular complexity index is 3260. The number of hydrogen-bond acceptors (Lipinski definition) is 4. The molecule has 0 saturated carbocycles. The molecule has 4 heteroatoms. The van der Waals surface area contributed by atoms with E-state index >= 15 is 0 Å². The van der Waals surface area contributed by atoms with Crippen LogP contribution in [0.3, 0.4) is 0 Å². The van der Waals surface area contributed by atoms with Crippen molar-refractivity contribution in [1.29, 1.82) is 0 Å². The molecule has 0 aliphatic carbocycles. The Balaban J connectivity index is 1.07. The molecule has 9 aromatic carbocycles. The Labute approximate surface area is 334 Å². The number of rotatable bonds is 6. The first-order valence-corrected chi connectivity index (χ1v) is 20.0. The molecule has 11 rings (SSSR count). The second kappa shape index (κ2) is 13.8. The molecule has 11 aromatic rings. The van der Waals surface area contributed by atoms with E-state index in [4.69, 9.17) is 15.0 Å². The molecule has 57 heavy (non-hydrogen) atoms. The molecule has 0 unspecified atom stereocenters. The van der Waals surface area contributed by atoms with Gasteiger partial charge in [0.1, 0.15) is 0 Å². The van der Waals surface area contributed by atoms with Crippen LogP contribution in [-0.2, 0) is 0 Å². The second-order valence-corrected chi connectivity index (χ2v) is 15.5. The molecule has 0 aliphatic heterocycles. The SMILES string of the molecule is c1ccc(-c2ccccc2-c2nc(-c3ccc(-c4c5ccccc5cc5c4ccc4ccccc45)cc3)nc(-c3cccc(-c4cc5ccccc5s4)c3)n2)cc1. The molecular formula is C53H33N3S. The highest BCUT2D eigenvalue weighted by atomic mass is 32.1. The van der Waals surface area contributed by atoms with E-state index in [0.29, 0.717) is 17.5 Å². The number of benzene rings is 9. The third-order valence-corrected chi connectivity index (χ3v) is 12.1. The summed E-state index contributed by atoms with van der Waals surface area (Å²) in [6.45, 7) is 0. The highest BCUT2D eigenvalue weighted by Crippen LogP contribution is 2.41. The van der Waals surface area contributed by atoms with Crippen molar-refractivity contribution in [2.24, 2.45) is 0 Å². The van der Waals surface area contributed by atoms with Gasteiger partial charge in [-0.25, -0.2) is 15.0 Å². The summed E-state index contributed by atoms with van der Waals surface area (Å²) < 4.78 is 1.27. The van der Waals surface area contributed by atoms with Gasteiger partial charge in [0, 0.05) is 26.3 Å². The lowest BCUT2D eigenvalue weighted by Crippen LogP contribution is -2.01. The van der Waals surface area contributed by atoms with E-state index in [9.17, 15) is 0 Å². The predicted molar refractivity (Wildman–Crippen MR) is 240 cm³/mol. The summed E-state index contributed by atoms with van der Waals surface area (Å²) in [4.78, 5) is 16.8. The molecule has 0 spiro atoms. The molecule has 0 atom stereocenters. The van der Waals surface area contributed by atoms with Crippen molar-refractivity contribution < 1.29 is 0 Å². The minimum atomic E-state index is 0.630. The molecule has 0 bridgehead atoms. The monoisotopic (exact) mass is 743 g/mol. The molecule has 0 saturated heterocycles. The van der Waals surface area contributed by atoms with Gasteiger partial charge in [-0.2, -0.15) is 0 Å². The zero-order chi connectivity index (χ0) is 37.7. The Hall–Kier alpha value is -7.27. The molecule has 0 aliphatic rings. The predicted octanol–water partition coefficient (Wildman–Crippen LogP) is 14.5. The summed E-state index contributed by atoms with van der Waals surface area (Å²) in [5.41, 5.74) is 8.54. The van der Waals surface area contributed by atoms with Gasteiger partial charge in [-0.3, -0.25) is 0 Å². The molecule has 0 amide bonds. The molecule has 3 nitrogen and oxygen atoms in total. The van der Waals surface area contributed by atoms with E-state index in [1.54, 1.807) is 11.3 Å². The summed E-state index contributed by atoms with van der Waals surface area (Å²) in [7, 11) is 0. The first-order chi connectivity index (χ1) is 28.2. The number of aromatic nitrogens is 3. The lowest BCUT2D eigenvalue weighted by Gasteiger charge is -2.15. The topological polar surface area (TPSA) is 38.7 Å². The van der Waals surface area contributed by atoms with Crippen LogP contribution in [0.1, 0.15) is 0 Å². The Morgan fingerprint density at radius 2 is 0.912 bits per heavy atom. The molecule has 0 N–H and O–H groups in total. The molecular weight excluding hydrogens is 711 g/mol. The van der Waals surface area contributed by atoms with Crippen molar-refractivity contribution in [1.82, 2.24) is 15.0 Å². The molecule has 0 fully saturated rings. The maximum atomic E-state index is 5.21. The zero-order valence-electron chi connectivity index (χ0n) is 30.8. The van der Waals surface area contributed by atoms with Gasteiger partial charge in [0.05, 0.1) is 0 Å². The normalized spacial score (nSPS) is 11.5. The Kier molecular flexibility index (Phi) is 8.01. The summed E-state index contributed by atoms with van der Waals surface area (Å²) in [6.07, 6.45) is 0. The first kappa shape index (κ1) is 33.1. The van der Waals surface area contributed by atoms with Gasteiger partial charge in [0.25, 0.3) is 0 Å². The molecule has 266 valence electrons. The van der Waals surface area contributed by atoms with Crippen LogP contribution >= 0.6 is 11.3 Å². The maximum absolute atomic E-state index is 5.21. The van der Waals surface area contributed by atoms with Crippen LogP contribution in [-0.4, -0.2) is 15.0 Å². The van der Waals surface area contributed by atoms with Crippen molar-refractivity contribution in [2.45, 2.75) is 0 Å². The molecule has 0 radical (unpaired) electrons. The Morgan fingerprint density at radius 1 is 0.298 bits per heavy atom. The Morgan fingerprint density at radius 3 is 1.74 bits per heavy atom. The van der Waals surface area contributed by atoms with Crippen molar-refractivity contribution in [3.63, 3.8) is 0 Å². The second-order valence-electron chi connectivity index (χ2n) is 14.4. The highest BCUT2D eigenvalue weighted by molar-refractivity contribution is 7.22. The van der Waals surface area contributed by atoms with Crippen molar-refractivity contribution in [3.8, 4) is 66.9 Å². The van der Waals surface area contributed by atoms with Gasteiger partial charge in [-0.05, 0) is 89.8 Å². The lowest BCUT2D eigenvalue weighted by atomic mass is 9.89. The first-order valence-electron chi connectivity index (χ1n) is 19.2. The van der Waals surface area contributed by atoms with Gasteiger partial charge >= 0.3 is 0 Å². The highest BCUT2D eigenvalue weighted by Gasteiger charge is 2.18. The smallest absolute Gasteiger partial charge is 0.164 e. The standard InChI is InChI=1S/C53H33N3S/c1-2-13-34(14-3-1)42-20-9-10-23-46(42)53-55-51(54-52(56-53)41-19-12-18-39(31-41)49-33-40-17-6-11-24-48(40)57-49)37-27-25-36(26-28-37)50-44-22-8-5-16-38(44)32-47-43-21-7-4-15-35(43)29-30-45(47)50/h1-33H. The lowest BCUT2D eigenvalue weighted by molar-refractivity contribution is 1.07. The van der Waals surface area contributed by atoms with Gasteiger partial charge in [0.15, 0.2) is 17.5 Å². The minimum absolute atomic E-state index is 0.630. The van der Waals surface area contributed by atoms with E-state index in [0.717, 1.165) is 38.9 Å². The summed E-state index contributed by atoms with van der Waals surface area (Å²) in [5.74, 6) is 1.90. The summed E-state index contributed by atoms with van der Waals surface area (Å²) in [6, 6.07) is 71.1. The van der Waals surface area contributed by atoms with Crippen LogP contribution < -0.4 is 0 Å². The van der Waals surface area contributed by atoms with Crippen molar-refractivity contribution >= 4 is 53.7 Å². The maximum Gasteiger partial charge on any atom is 0.164 e. The van der Waals surface area contributed by atoms with Gasteiger partial charge in [-0.15, -0.1) is 11.3 Å². The van der Waals surface area contributed by atoms with Crippen LogP contribution in [0.25, 0.3) is 109 Å². The van der Waals surface area contributed by atoms with Gasteiger partial charge < -0.3 is 0 Å². The van der Waals surface area contributed by atoms with Crippen LogP contribution in [0.2, 0.25) is 0 Å². The van der Waals surface area contributed by atoms with Gasteiger partial charge in [0.2, 0.25) is 0 Å². The minimum Gasteiger partial charge on any atom is -0.208 e. The van der Waals surface area contributed by atoms with Gasteiger partial charge in [-0.1, -0.05) is 176 Å². The van der Waals surface area contributed by atoms with Crippen LogP contribution in [0.15, 0.2) is 200 Å². The number of nitrogens with zero attached hydrogens (tertiary/aromatic N) is 3. The summed E-state index contributed by atoms with van der Waals surface area (Å²) >= 11 is 1.80. The third kappa shape index (κ3) is 5.95. The zero-order valence-corrected chi connectivity index (χ0v) is 31.6. The van der Waals surface area contributed by atoms with Crippen molar-refractivity contribution in [2.75, 3.05) is 0 Å². The quantitative estimate of drug-likeness (QED) is 0.126. The van der Waals surface area contributed by atoms with Crippen LogP contribution in [0.4, 0.5) is 0 Å². The fourth-order valence-electron chi connectivity index (χ4n) is 8.16. The third-order valence-electron chi connectivity index (χ3n) is 10.9. The average Bonchev–Trinajstić information content (AvgIpc) is 3.73. The van der Waals surface area contributed by atoms with Crippen LogP contribution in [0, 0.1) is 0 Å². The largest absolute Gasteiger partial charge is 0.208 e.